The minimum absolute atomic E-state index is 0.00289. The van der Waals surface area contributed by atoms with Gasteiger partial charge in [0.05, 0.1) is 0 Å². The Morgan fingerprint density at radius 2 is 1.71 bits per heavy atom. The molecule has 0 bridgehead atoms. The van der Waals surface area contributed by atoms with Crippen LogP contribution in [0.25, 0.3) is 0 Å². The van der Waals surface area contributed by atoms with Gasteiger partial charge in [-0.3, -0.25) is 14.4 Å². The molecule has 0 saturated carbocycles. The van der Waals surface area contributed by atoms with Crippen molar-refractivity contribution in [2.75, 3.05) is 50.5 Å². The molecule has 38 heavy (non-hydrogen) atoms. The molecule has 2 aromatic carbocycles. The van der Waals surface area contributed by atoms with Gasteiger partial charge in [-0.25, -0.2) is 9.37 Å². The Hall–Kier alpha value is -4.03. The maximum absolute atomic E-state index is 13.5. The molecule has 200 valence electrons. The van der Waals surface area contributed by atoms with E-state index in [1.165, 1.54) is 29.2 Å². The van der Waals surface area contributed by atoms with Gasteiger partial charge < -0.3 is 30.9 Å². The van der Waals surface area contributed by atoms with E-state index in [4.69, 9.17) is 16.2 Å². The summed E-state index contributed by atoms with van der Waals surface area (Å²) in [6.07, 6.45) is 0. The number of rotatable bonds is 9. The highest BCUT2D eigenvalue weighted by molar-refractivity contribution is 7.18. The van der Waals surface area contributed by atoms with Crippen molar-refractivity contribution in [2.24, 2.45) is 5.73 Å². The fourth-order valence-electron chi connectivity index (χ4n) is 3.94. The summed E-state index contributed by atoms with van der Waals surface area (Å²) in [6.45, 7) is 4.49. The largest absolute Gasteiger partial charge is 0.484 e. The summed E-state index contributed by atoms with van der Waals surface area (Å²) in [4.78, 5) is 47.5. The monoisotopic (exact) mass is 540 g/mol. The second-order valence-corrected chi connectivity index (χ2v) is 9.94. The van der Waals surface area contributed by atoms with Crippen LogP contribution in [0.5, 0.6) is 5.75 Å². The number of primary amides is 1. The van der Waals surface area contributed by atoms with Gasteiger partial charge in [0.25, 0.3) is 5.91 Å². The summed E-state index contributed by atoms with van der Waals surface area (Å²) in [7, 11) is 2.02. The van der Waals surface area contributed by atoms with Crippen LogP contribution >= 0.6 is 11.3 Å². The van der Waals surface area contributed by atoms with Gasteiger partial charge >= 0.3 is 0 Å². The first kappa shape index (κ1) is 27.0. The van der Waals surface area contributed by atoms with Crippen molar-refractivity contribution in [1.29, 1.82) is 0 Å². The Morgan fingerprint density at radius 1 is 1.08 bits per heavy atom. The topological polar surface area (TPSA) is 135 Å². The van der Waals surface area contributed by atoms with Crippen LogP contribution in [0.15, 0.2) is 48.5 Å². The van der Waals surface area contributed by atoms with Crippen molar-refractivity contribution < 1.29 is 23.5 Å². The van der Waals surface area contributed by atoms with Crippen LogP contribution in [0.2, 0.25) is 0 Å². The Morgan fingerprint density at radius 3 is 2.32 bits per heavy atom. The van der Waals surface area contributed by atoms with E-state index in [9.17, 15) is 18.8 Å². The number of halogens is 1. The predicted octanol–water partition coefficient (Wildman–Crippen LogP) is 2.26. The molecule has 4 rings (SSSR count). The average Bonchev–Trinajstić information content (AvgIpc) is 3.29. The van der Waals surface area contributed by atoms with E-state index in [0.717, 1.165) is 24.4 Å². The highest BCUT2D eigenvalue weighted by Gasteiger charge is 2.27. The van der Waals surface area contributed by atoms with Gasteiger partial charge in [-0.1, -0.05) is 11.3 Å². The standard InChI is InChI=1S/C26H29FN6O4S/c1-16(25(29)36)33(19-7-5-18(27)6-8-19)26-30-24(28)23(38-26)22(35)17-3-9-20(10-4-17)37-15-21(34)32-13-11-31(2)12-14-32/h3-10,16H,11-15,28H2,1-2H3,(H2,29,36)/t16-/m1/s1. The predicted molar refractivity (Wildman–Crippen MR) is 143 cm³/mol. The number of piperazine rings is 1. The van der Waals surface area contributed by atoms with E-state index in [1.54, 1.807) is 36.1 Å². The van der Waals surface area contributed by atoms with Crippen LogP contribution in [0.1, 0.15) is 22.2 Å². The van der Waals surface area contributed by atoms with Crippen molar-refractivity contribution >= 4 is 45.6 Å². The summed E-state index contributed by atoms with van der Waals surface area (Å²) in [5.41, 5.74) is 12.4. The lowest BCUT2D eigenvalue weighted by molar-refractivity contribution is -0.134. The minimum atomic E-state index is -0.834. The molecule has 1 saturated heterocycles. The quantitative estimate of drug-likeness (QED) is 0.395. The lowest BCUT2D eigenvalue weighted by Crippen LogP contribution is -2.48. The van der Waals surface area contributed by atoms with E-state index < -0.39 is 17.8 Å². The third kappa shape index (κ3) is 6.09. The van der Waals surface area contributed by atoms with Crippen LogP contribution in [-0.4, -0.2) is 78.3 Å². The molecule has 0 unspecified atom stereocenters. The minimum Gasteiger partial charge on any atom is -0.484 e. The number of thiazole rings is 1. The van der Waals surface area contributed by atoms with Crippen LogP contribution in [0.4, 0.5) is 21.0 Å². The summed E-state index contributed by atoms with van der Waals surface area (Å²) >= 11 is 1.00. The summed E-state index contributed by atoms with van der Waals surface area (Å²) in [6, 6.07) is 11.0. The van der Waals surface area contributed by atoms with Crippen molar-refractivity contribution in [3.05, 3.63) is 64.8 Å². The van der Waals surface area contributed by atoms with Crippen LogP contribution in [0.3, 0.4) is 0 Å². The van der Waals surface area contributed by atoms with Crippen LogP contribution < -0.4 is 21.1 Å². The number of carbonyl (C=O) groups is 3. The SMILES string of the molecule is C[C@H](C(N)=O)N(c1ccc(F)cc1)c1nc(N)c(C(=O)c2ccc(OCC(=O)N3CCN(C)CC3)cc2)s1. The number of ketones is 1. The Labute approximate surface area is 223 Å². The van der Waals surface area contributed by atoms with Crippen LogP contribution in [0, 0.1) is 5.82 Å². The molecule has 0 radical (unpaired) electrons. The third-order valence-corrected chi connectivity index (χ3v) is 7.36. The molecule has 1 atom stereocenters. The maximum Gasteiger partial charge on any atom is 0.260 e. The van der Waals surface area contributed by atoms with Gasteiger partial charge in [-0.05, 0) is 62.5 Å². The normalized spacial score (nSPS) is 14.7. The summed E-state index contributed by atoms with van der Waals surface area (Å²) < 4.78 is 19.1. The molecule has 1 aliphatic heterocycles. The van der Waals surface area contributed by atoms with Crippen molar-refractivity contribution in [3.8, 4) is 5.75 Å². The van der Waals surface area contributed by atoms with Crippen molar-refractivity contribution in [1.82, 2.24) is 14.8 Å². The van der Waals surface area contributed by atoms with Crippen molar-refractivity contribution in [3.63, 3.8) is 0 Å². The molecule has 4 N–H and O–H groups in total. The number of hydrogen-bond donors (Lipinski definition) is 2. The molecule has 2 amide bonds. The number of hydrogen-bond acceptors (Lipinski definition) is 9. The van der Waals surface area contributed by atoms with Gasteiger partial charge in [-0.2, -0.15) is 0 Å². The molecule has 0 aliphatic carbocycles. The van der Waals surface area contributed by atoms with E-state index in [2.05, 4.69) is 9.88 Å². The second kappa shape index (κ2) is 11.6. The third-order valence-electron chi connectivity index (χ3n) is 6.29. The molecule has 1 aromatic heterocycles. The number of amides is 2. The Bertz CT molecular complexity index is 1310. The van der Waals surface area contributed by atoms with E-state index in [0.29, 0.717) is 30.1 Å². The number of nitrogens with two attached hydrogens (primary N) is 2. The van der Waals surface area contributed by atoms with E-state index >= 15 is 0 Å². The van der Waals surface area contributed by atoms with Crippen molar-refractivity contribution in [2.45, 2.75) is 13.0 Å². The smallest absolute Gasteiger partial charge is 0.260 e. The second-order valence-electron chi connectivity index (χ2n) is 8.96. The van der Waals surface area contributed by atoms with E-state index in [1.807, 2.05) is 7.05 Å². The number of benzene rings is 2. The number of carbonyl (C=O) groups excluding carboxylic acids is 3. The number of anilines is 3. The molecule has 0 spiro atoms. The molecule has 12 heteroatoms. The van der Waals surface area contributed by atoms with Gasteiger partial charge in [-0.15, -0.1) is 0 Å². The maximum atomic E-state index is 13.5. The number of nitrogens with zero attached hydrogens (tertiary/aromatic N) is 4. The van der Waals surface area contributed by atoms with Gasteiger partial charge in [0, 0.05) is 37.4 Å². The zero-order valence-corrected chi connectivity index (χ0v) is 21.9. The molecular weight excluding hydrogens is 511 g/mol. The fourth-order valence-corrected chi connectivity index (χ4v) is 4.99. The number of likely N-dealkylation sites (N-methyl/N-ethyl adjacent to an activating group) is 1. The number of ether oxygens (including phenoxy) is 1. The molecule has 2 heterocycles. The van der Waals surface area contributed by atoms with Gasteiger partial charge in [0.1, 0.15) is 28.3 Å². The highest BCUT2D eigenvalue weighted by atomic mass is 32.1. The Kier molecular flexibility index (Phi) is 8.23. The lowest BCUT2D eigenvalue weighted by Gasteiger charge is -2.32. The zero-order valence-electron chi connectivity index (χ0n) is 21.1. The van der Waals surface area contributed by atoms with Gasteiger partial charge in [0.15, 0.2) is 11.7 Å². The lowest BCUT2D eigenvalue weighted by atomic mass is 10.1. The molecule has 1 aliphatic rings. The van der Waals surface area contributed by atoms with Gasteiger partial charge in [0.2, 0.25) is 11.7 Å². The fraction of sp³-hybridized carbons (Fsp3) is 0.308. The zero-order chi connectivity index (χ0) is 27.4. The first-order valence-electron chi connectivity index (χ1n) is 12.0. The first-order valence-corrected chi connectivity index (χ1v) is 12.8. The molecule has 3 aromatic rings. The number of nitrogen functional groups attached to an aromatic ring is 1. The number of aromatic nitrogens is 1. The highest BCUT2D eigenvalue weighted by Crippen LogP contribution is 2.36. The summed E-state index contributed by atoms with van der Waals surface area (Å²) in [5.74, 6) is -1.06. The van der Waals surface area contributed by atoms with Crippen LogP contribution in [-0.2, 0) is 9.59 Å². The average molecular weight is 541 g/mol. The summed E-state index contributed by atoms with van der Waals surface area (Å²) in [5, 5.41) is 0.270. The molecule has 10 nitrogen and oxygen atoms in total. The molecule has 1 fully saturated rings. The van der Waals surface area contributed by atoms with E-state index in [-0.39, 0.29) is 34.1 Å². The first-order chi connectivity index (χ1) is 18.1. The Balaban J connectivity index is 1.47. The molecular formula is C26H29FN6O4S.